The van der Waals surface area contributed by atoms with Gasteiger partial charge in [-0.15, -0.1) is 0 Å². The van der Waals surface area contributed by atoms with Gasteiger partial charge in [0, 0.05) is 5.02 Å². The highest BCUT2D eigenvalue weighted by Gasteiger charge is 2.20. The van der Waals surface area contributed by atoms with Crippen molar-refractivity contribution in [1.29, 1.82) is 0 Å². The number of rotatable bonds is 4. The highest BCUT2D eigenvalue weighted by Crippen LogP contribution is 2.26. The molecule has 0 aliphatic carbocycles. The van der Waals surface area contributed by atoms with E-state index in [-0.39, 0.29) is 11.2 Å². The van der Waals surface area contributed by atoms with Gasteiger partial charge >= 0.3 is 0 Å². The Morgan fingerprint density at radius 1 is 1.16 bits per heavy atom. The first kappa shape index (κ1) is 14.1. The molecule has 98 valence electrons. The molecule has 0 amide bonds. The fourth-order valence-electron chi connectivity index (χ4n) is 2.11. The second kappa shape index (κ2) is 6.23. The molecule has 3 heteroatoms. The molecule has 19 heavy (non-hydrogen) atoms. The Balaban J connectivity index is 2.32. The van der Waals surface area contributed by atoms with Crippen LogP contribution in [0.15, 0.2) is 48.5 Å². The minimum absolute atomic E-state index is 0.356. The zero-order valence-corrected chi connectivity index (χ0v) is 12.1. The molecule has 0 saturated heterocycles. The molecule has 0 fully saturated rings. The lowest BCUT2D eigenvalue weighted by atomic mass is 9.91. The highest BCUT2D eigenvalue weighted by atomic mass is 35.5. The molecule has 0 aliphatic rings. The number of aryl methyl sites for hydroxylation is 1. The van der Waals surface area contributed by atoms with Crippen molar-refractivity contribution < 1.29 is 4.79 Å². The molecule has 0 N–H and O–H groups in total. The Morgan fingerprint density at radius 3 is 2.53 bits per heavy atom. The molecule has 0 aromatic heterocycles. The molecule has 1 unspecified atom stereocenters. The van der Waals surface area contributed by atoms with E-state index >= 15 is 0 Å². The van der Waals surface area contributed by atoms with Gasteiger partial charge in [-0.25, -0.2) is 0 Å². The third-order valence-electron chi connectivity index (χ3n) is 3.21. The second-order valence-corrected chi connectivity index (χ2v) is 5.35. The average Bonchev–Trinajstić information content (AvgIpc) is 2.37. The molecule has 2 aromatic carbocycles. The fraction of sp³-hybridized carbons (Fsp3) is 0.188. The van der Waals surface area contributed by atoms with Crippen LogP contribution in [0.25, 0.3) is 0 Å². The summed E-state index contributed by atoms with van der Waals surface area (Å²) in [5, 5.41) is 0.260. The molecule has 0 bridgehead atoms. The van der Waals surface area contributed by atoms with Crippen LogP contribution >= 0.6 is 23.2 Å². The Morgan fingerprint density at radius 2 is 1.89 bits per heavy atom. The van der Waals surface area contributed by atoms with E-state index < -0.39 is 0 Å². The number of carbonyl (C=O) groups is 1. The molecular weight excluding hydrogens is 279 g/mol. The Kier molecular flexibility index (Phi) is 4.62. The Bertz CT molecular complexity index is 593. The van der Waals surface area contributed by atoms with Crippen molar-refractivity contribution in [1.82, 2.24) is 0 Å². The average molecular weight is 293 g/mol. The zero-order valence-electron chi connectivity index (χ0n) is 10.6. The summed E-state index contributed by atoms with van der Waals surface area (Å²) in [5.74, 6) is -0.360. The summed E-state index contributed by atoms with van der Waals surface area (Å²) in [7, 11) is 0. The van der Waals surface area contributed by atoms with Crippen molar-refractivity contribution in [2.45, 2.75) is 19.3 Å². The van der Waals surface area contributed by atoms with Crippen molar-refractivity contribution in [3.63, 3.8) is 0 Å². The summed E-state index contributed by atoms with van der Waals surface area (Å²) < 4.78 is 0. The van der Waals surface area contributed by atoms with Gasteiger partial charge < -0.3 is 0 Å². The minimum atomic E-state index is -0.360. The second-order valence-electron chi connectivity index (χ2n) is 4.54. The summed E-state index contributed by atoms with van der Waals surface area (Å²) in [6.45, 7) is 2.03. The number of hydrogen-bond donors (Lipinski definition) is 0. The van der Waals surface area contributed by atoms with Gasteiger partial charge in [-0.05, 0) is 53.8 Å². The van der Waals surface area contributed by atoms with Gasteiger partial charge in [0.1, 0.15) is 0 Å². The van der Waals surface area contributed by atoms with Gasteiger partial charge in [-0.3, -0.25) is 4.79 Å². The topological polar surface area (TPSA) is 17.1 Å². The quantitative estimate of drug-likeness (QED) is 0.744. The van der Waals surface area contributed by atoms with Crippen LogP contribution in [0.2, 0.25) is 5.02 Å². The molecule has 0 saturated carbocycles. The Labute approximate surface area is 123 Å². The van der Waals surface area contributed by atoms with E-state index in [4.69, 9.17) is 23.2 Å². The van der Waals surface area contributed by atoms with Crippen LogP contribution in [0.1, 0.15) is 22.6 Å². The van der Waals surface area contributed by atoms with Gasteiger partial charge in [0.15, 0.2) is 0 Å². The van der Waals surface area contributed by atoms with Crippen molar-refractivity contribution in [2.24, 2.45) is 0 Å². The molecule has 2 rings (SSSR count). The van der Waals surface area contributed by atoms with Crippen LogP contribution < -0.4 is 0 Å². The lowest BCUT2D eigenvalue weighted by Gasteiger charge is -2.15. The van der Waals surface area contributed by atoms with Crippen molar-refractivity contribution in [2.75, 3.05) is 0 Å². The first-order valence-corrected chi connectivity index (χ1v) is 6.83. The molecule has 0 radical (unpaired) electrons. The van der Waals surface area contributed by atoms with Crippen LogP contribution in [-0.4, -0.2) is 5.24 Å². The van der Waals surface area contributed by atoms with Crippen molar-refractivity contribution >= 4 is 28.4 Å². The van der Waals surface area contributed by atoms with E-state index in [0.717, 1.165) is 16.7 Å². The molecule has 0 aliphatic heterocycles. The summed E-state index contributed by atoms with van der Waals surface area (Å²) in [6.07, 6.45) is 0.593. The summed E-state index contributed by atoms with van der Waals surface area (Å²) in [6, 6.07) is 15.3. The minimum Gasteiger partial charge on any atom is -0.281 e. The van der Waals surface area contributed by atoms with Gasteiger partial charge in [-0.2, -0.15) is 0 Å². The summed E-state index contributed by atoms with van der Waals surface area (Å²) >= 11 is 11.7. The summed E-state index contributed by atoms with van der Waals surface area (Å²) in [5.41, 5.74) is 3.14. The maximum absolute atomic E-state index is 11.7. The predicted molar refractivity (Wildman–Crippen MR) is 79.9 cm³/mol. The van der Waals surface area contributed by atoms with Crippen molar-refractivity contribution in [3.8, 4) is 0 Å². The number of hydrogen-bond acceptors (Lipinski definition) is 1. The number of halogens is 2. The molecule has 0 heterocycles. The van der Waals surface area contributed by atoms with Crippen LogP contribution in [0.3, 0.4) is 0 Å². The van der Waals surface area contributed by atoms with E-state index in [9.17, 15) is 4.79 Å². The van der Waals surface area contributed by atoms with Crippen LogP contribution in [0.5, 0.6) is 0 Å². The first-order chi connectivity index (χ1) is 9.08. The SMILES string of the molecule is Cc1ccccc1CC(C(=O)Cl)c1cccc(Cl)c1. The molecule has 2 aromatic rings. The lowest BCUT2D eigenvalue weighted by molar-refractivity contribution is -0.113. The third-order valence-corrected chi connectivity index (χ3v) is 3.71. The third kappa shape index (κ3) is 3.59. The van der Waals surface area contributed by atoms with Gasteiger partial charge in [0.25, 0.3) is 0 Å². The zero-order chi connectivity index (χ0) is 13.8. The normalized spacial score (nSPS) is 12.2. The molecular formula is C16H14Cl2O. The van der Waals surface area contributed by atoms with Crippen LogP contribution in [0, 0.1) is 6.92 Å². The van der Waals surface area contributed by atoms with E-state index in [1.165, 1.54) is 0 Å². The Hall–Kier alpha value is -1.31. The van der Waals surface area contributed by atoms with Gasteiger partial charge in [0.05, 0.1) is 5.92 Å². The van der Waals surface area contributed by atoms with Gasteiger partial charge in [0.2, 0.25) is 5.24 Å². The van der Waals surface area contributed by atoms with E-state index in [1.807, 2.05) is 43.3 Å². The number of carbonyl (C=O) groups excluding carboxylic acids is 1. The standard InChI is InChI=1S/C16H14Cl2O/c1-11-5-2-3-6-12(11)10-15(16(18)19)13-7-4-8-14(17)9-13/h2-9,15H,10H2,1H3. The maximum Gasteiger partial charge on any atom is 0.229 e. The summed E-state index contributed by atoms with van der Waals surface area (Å²) in [4.78, 5) is 11.7. The van der Waals surface area contributed by atoms with Crippen LogP contribution in [-0.2, 0) is 11.2 Å². The van der Waals surface area contributed by atoms with E-state index in [2.05, 4.69) is 0 Å². The lowest BCUT2D eigenvalue weighted by Crippen LogP contribution is -2.11. The van der Waals surface area contributed by atoms with E-state index in [1.54, 1.807) is 12.1 Å². The maximum atomic E-state index is 11.7. The smallest absolute Gasteiger partial charge is 0.229 e. The fourth-order valence-corrected chi connectivity index (χ4v) is 2.51. The molecule has 1 atom stereocenters. The highest BCUT2D eigenvalue weighted by molar-refractivity contribution is 6.64. The monoisotopic (exact) mass is 292 g/mol. The van der Waals surface area contributed by atoms with Gasteiger partial charge in [-0.1, -0.05) is 48.0 Å². The number of benzene rings is 2. The van der Waals surface area contributed by atoms with Crippen molar-refractivity contribution in [3.05, 3.63) is 70.2 Å². The predicted octanol–water partition coefficient (Wildman–Crippen LogP) is 4.74. The first-order valence-electron chi connectivity index (χ1n) is 6.07. The molecule has 0 spiro atoms. The molecule has 1 nitrogen and oxygen atoms in total. The largest absolute Gasteiger partial charge is 0.281 e. The van der Waals surface area contributed by atoms with Crippen LogP contribution in [0.4, 0.5) is 0 Å². The van der Waals surface area contributed by atoms with E-state index in [0.29, 0.717) is 11.4 Å².